The summed E-state index contributed by atoms with van der Waals surface area (Å²) in [4.78, 5) is 15.4. The van der Waals surface area contributed by atoms with E-state index in [2.05, 4.69) is 71.3 Å². The summed E-state index contributed by atoms with van der Waals surface area (Å²) in [7, 11) is 0. The molecule has 0 N–H and O–H groups in total. The molecular formula is C39H22N4O2. The van der Waals surface area contributed by atoms with E-state index >= 15 is 0 Å². The van der Waals surface area contributed by atoms with Gasteiger partial charge in [-0.25, -0.2) is 4.98 Å². The summed E-state index contributed by atoms with van der Waals surface area (Å²) in [6.45, 7) is 0. The van der Waals surface area contributed by atoms with Gasteiger partial charge in [-0.05, 0) is 36.4 Å². The standard InChI is InChI=1S/C39H22N4O2/c1-2-11-23(12-3-1)37-40-38(42-39(41-37)43-29-17-7-4-13-24(29)25-14-5-8-18-30(25)43)28-16-10-20-32-34(28)35-33(44-32)22-21-27-26-15-6-9-19-31(26)45-36(27)35/h1-22H. The molecule has 0 aliphatic rings. The van der Waals surface area contributed by atoms with Crippen LogP contribution in [0.15, 0.2) is 142 Å². The maximum absolute atomic E-state index is 6.48. The molecule has 0 bridgehead atoms. The number of nitrogens with zero attached hydrogens (tertiary/aromatic N) is 4. The maximum atomic E-state index is 6.48. The van der Waals surface area contributed by atoms with Gasteiger partial charge in [-0.2, -0.15) is 9.97 Å². The SMILES string of the molecule is c1ccc(-c2nc(-c3cccc4oc5ccc6c7ccccc7oc6c5c34)nc(-n3c4ccccc4c4ccccc43)n2)cc1. The van der Waals surface area contributed by atoms with Crippen molar-refractivity contribution >= 4 is 65.7 Å². The molecule has 0 radical (unpaired) electrons. The van der Waals surface area contributed by atoms with Crippen LogP contribution < -0.4 is 0 Å². The minimum atomic E-state index is 0.551. The van der Waals surface area contributed by atoms with E-state index < -0.39 is 0 Å². The summed E-state index contributed by atoms with van der Waals surface area (Å²) in [5.41, 5.74) is 6.95. The largest absolute Gasteiger partial charge is 0.456 e. The molecule has 4 aromatic heterocycles. The molecule has 210 valence electrons. The van der Waals surface area contributed by atoms with Gasteiger partial charge >= 0.3 is 0 Å². The highest BCUT2D eigenvalue weighted by Gasteiger charge is 2.22. The number of fused-ring (bicyclic) bond motifs is 10. The maximum Gasteiger partial charge on any atom is 0.238 e. The minimum Gasteiger partial charge on any atom is -0.456 e. The Morgan fingerprint density at radius 1 is 0.422 bits per heavy atom. The van der Waals surface area contributed by atoms with Gasteiger partial charge in [-0.15, -0.1) is 0 Å². The minimum absolute atomic E-state index is 0.551. The molecule has 6 nitrogen and oxygen atoms in total. The summed E-state index contributed by atoms with van der Waals surface area (Å²) in [6.07, 6.45) is 0. The molecule has 4 heterocycles. The second kappa shape index (κ2) is 9.11. The summed E-state index contributed by atoms with van der Waals surface area (Å²) in [5.74, 6) is 1.70. The van der Waals surface area contributed by atoms with Crippen LogP contribution in [0, 0.1) is 0 Å². The van der Waals surface area contributed by atoms with Crippen molar-refractivity contribution in [1.82, 2.24) is 19.5 Å². The van der Waals surface area contributed by atoms with Gasteiger partial charge in [0.1, 0.15) is 22.3 Å². The Labute approximate surface area is 255 Å². The fourth-order valence-corrected chi connectivity index (χ4v) is 6.71. The second-order valence-electron chi connectivity index (χ2n) is 11.2. The molecule has 0 fully saturated rings. The number of hydrogen-bond acceptors (Lipinski definition) is 5. The molecule has 0 spiro atoms. The van der Waals surface area contributed by atoms with E-state index in [1.807, 2.05) is 66.7 Å². The van der Waals surface area contributed by atoms with Gasteiger partial charge in [0.15, 0.2) is 11.6 Å². The highest BCUT2D eigenvalue weighted by atomic mass is 16.3. The Hall–Kier alpha value is -6.27. The van der Waals surface area contributed by atoms with Crippen LogP contribution in [0.1, 0.15) is 0 Å². The topological polar surface area (TPSA) is 69.9 Å². The molecule has 6 heteroatoms. The Balaban J connectivity index is 1.32. The van der Waals surface area contributed by atoms with Gasteiger partial charge in [0.05, 0.1) is 16.4 Å². The molecule has 0 unspecified atom stereocenters. The first-order valence-corrected chi connectivity index (χ1v) is 14.9. The third-order valence-corrected chi connectivity index (χ3v) is 8.68. The monoisotopic (exact) mass is 578 g/mol. The van der Waals surface area contributed by atoms with E-state index in [4.69, 9.17) is 23.8 Å². The van der Waals surface area contributed by atoms with E-state index in [9.17, 15) is 0 Å². The molecule has 0 aliphatic carbocycles. The highest BCUT2D eigenvalue weighted by Crippen LogP contribution is 2.42. The Morgan fingerprint density at radius 2 is 1.07 bits per heavy atom. The number of furan rings is 2. The average molecular weight is 579 g/mol. The third kappa shape index (κ3) is 3.48. The first-order valence-electron chi connectivity index (χ1n) is 14.9. The molecule has 10 aromatic rings. The summed E-state index contributed by atoms with van der Waals surface area (Å²) in [5, 5.41) is 6.23. The van der Waals surface area contributed by atoms with Crippen LogP contribution in [0.4, 0.5) is 0 Å². The zero-order valence-electron chi connectivity index (χ0n) is 23.8. The average Bonchev–Trinajstić information content (AvgIpc) is 3.78. The van der Waals surface area contributed by atoms with Gasteiger partial charge in [0, 0.05) is 38.1 Å². The van der Waals surface area contributed by atoms with E-state index in [1.165, 1.54) is 0 Å². The first-order chi connectivity index (χ1) is 22.3. The third-order valence-electron chi connectivity index (χ3n) is 8.68. The predicted molar refractivity (Wildman–Crippen MR) is 180 cm³/mol. The van der Waals surface area contributed by atoms with Gasteiger partial charge < -0.3 is 8.83 Å². The van der Waals surface area contributed by atoms with Crippen LogP contribution in [-0.4, -0.2) is 19.5 Å². The highest BCUT2D eigenvalue weighted by molar-refractivity contribution is 6.24. The van der Waals surface area contributed by atoms with Crippen molar-refractivity contribution in [2.45, 2.75) is 0 Å². The fraction of sp³-hybridized carbons (Fsp3) is 0. The number of para-hydroxylation sites is 3. The molecule has 0 atom stereocenters. The van der Waals surface area contributed by atoms with Crippen LogP contribution in [0.3, 0.4) is 0 Å². The van der Waals surface area contributed by atoms with Crippen molar-refractivity contribution < 1.29 is 8.83 Å². The van der Waals surface area contributed by atoms with Crippen LogP contribution in [0.25, 0.3) is 94.4 Å². The predicted octanol–water partition coefficient (Wildman–Crippen LogP) is 10.1. The zero-order valence-corrected chi connectivity index (χ0v) is 23.8. The van der Waals surface area contributed by atoms with Crippen molar-refractivity contribution in [2.24, 2.45) is 0 Å². The molecule has 6 aromatic carbocycles. The van der Waals surface area contributed by atoms with Crippen molar-refractivity contribution in [3.8, 4) is 28.7 Å². The number of hydrogen-bond donors (Lipinski definition) is 0. The molecule has 0 saturated carbocycles. The lowest BCUT2D eigenvalue weighted by molar-refractivity contribution is 0.663. The lowest BCUT2D eigenvalue weighted by Crippen LogP contribution is -2.06. The van der Waals surface area contributed by atoms with Gasteiger partial charge in [0.25, 0.3) is 0 Å². The lowest BCUT2D eigenvalue weighted by atomic mass is 10.0. The number of aromatic nitrogens is 4. The van der Waals surface area contributed by atoms with Crippen LogP contribution in [-0.2, 0) is 0 Å². The van der Waals surface area contributed by atoms with Crippen LogP contribution in [0.5, 0.6) is 0 Å². The Kier molecular flexibility index (Phi) is 4.90. The van der Waals surface area contributed by atoms with Crippen LogP contribution in [0.2, 0.25) is 0 Å². The van der Waals surface area contributed by atoms with Gasteiger partial charge in [-0.1, -0.05) is 97.1 Å². The summed E-state index contributed by atoms with van der Waals surface area (Å²) in [6, 6.07) is 45.0. The molecule has 0 amide bonds. The van der Waals surface area contributed by atoms with E-state index in [-0.39, 0.29) is 0 Å². The Bertz CT molecular complexity index is 2720. The molecular weight excluding hydrogens is 556 g/mol. The van der Waals surface area contributed by atoms with E-state index in [0.29, 0.717) is 17.6 Å². The summed E-state index contributed by atoms with van der Waals surface area (Å²) < 4.78 is 15.0. The molecule has 45 heavy (non-hydrogen) atoms. The van der Waals surface area contributed by atoms with E-state index in [0.717, 1.165) is 76.8 Å². The molecule has 10 rings (SSSR count). The van der Waals surface area contributed by atoms with Crippen molar-refractivity contribution in [3.05, 3.63) is 133 Å². The number of rotatable bonds is 3. The molecule has 0 saturated heterocycles. The van der Waals surface area contributed by atoms with Gasteiger partial charge in [0.2, 0.25) is 5.95 Å². The van der Waals surface area contributed by atoms with Crippen molar-refractivity contribution in [1.29, 1.82) is 0 Å². The smallest absolute Gasteiger partial charge is 0.238 e. The molecule has 0 aliphatic heterocycles. The van der Waals surface area contributed by atoms with Gasteiger partial charge in [-0.3, -0.25) is 4.57 Å². The normalized spacial score (nSPS) is 12.0. The van der Waals surface area contributed by atoms with Crippen molar-refractivity contribution in [2.75, 3.05) is 0 Å². The van der Waals surface area contributed by atoms with E-state index in [1.54, 1.807) is 0 Å². The van der Waals surface area contributed by atoms with Crippen LogP contribution >= 0.6 is 0 Å². The first kappa shape index (κ1) is 24.2. The van der Waals surface area contributed by atoms with Crippen molar-refractivity contribution in [3.63, 3.8) is 0 Å². The fourth-order valence-electron chi connectivity index (χ4n) is 6.71. The zero-order chi connectivity index (χ0) is 29.5. The lowest BCUT2D eigenvalue weighted by Gasteiger charge is -2.11. The number of benzene rings is 6. The summed E-state index contributed by atoms with van der Waals surface area (Å²) >= 11 is 0. The quantitative estimate of drug-likeness (QED) is 0.209. The Morgan fingerprint density at radius 3 is 1.87 bits per heavy atom. The second-order valence-corrected chi connectivity index (χ2v) is 11.2.